The van der Waals surface area contributed by atoms with Crippen molar-refractivity contribution >= 4 is 0 Å². The van der Waals surface area contributed by atoms with Gasteiger partial charge in [0.05, 0.1) is 6.10 Å². The summed E-state index contributed by atoms with van der Waals surface area (Å²) in [5, 5.41) is 0. The largest absolute Gasteiger partial charge is 0.379 e. The predicted molar refractivity (Wildman–Crippen MR) is 80.6 cm³/mol. The fraction of sp³-hybridized carbons (Fsp3) is 0.647. The number of ether oxygens (including phenoxy) is 1. The van der Waals surface area contributed by atoms with Crippen molar-refractivity contribution < 1.29 is 4.74 Å². The highest BCUT2D eigenvalue weighted by Gasteiger charge is 2.19. The van der Waals surface area contributed by atoms with Gasteiger partial charge in [-0.15, -0.1) is 0 Å². The lowest BCUT2D eigenvalue weighted by molar-refractivity contribution is 0.0684. The third-order valence-corrected chi connectivity index (χ3v) is 3.93. The zero-order chi connectivity index (χ0) is 13.5. The molecular weight excluding hydrogens is 234 g/mol. The van der Waals surface area contributed by atoms with Gasteiger partial charge in [-0.1, -0.05) is 30.3 Å². The van der Waals surface area contributed by atoms with Crippen LogP contribution in [0.1, 0.15) is 44.6 Å². The molecule has 0 bridgehead atoms. The van der Waals surface area contributed by atoms with E-state index in [0.29, 0.717) is 6.10 Å². The molecule has 106 valence electrons. The number of hydrogen-bond donors (Lipinski definition) is 0. The Bertz CT molecular complexity index is 342. The Hall–Kier alpha value is -0.860. The first-order valence-electron chi connectivity index (χ1n) is 7.64. The minimum Gasteiger partial charge on any atom is -0.379 e. The van der Waals surface area contributed by atoms with Crippen LogP contribution in [0.25, 0.3) is 0 Å². The number of rotatable bonds is 6. The molecule has 2 nitrogen and oxygen atoms in total. The molecule has 0 radical (unpaired) electrons. The van der Waals surface area contributed by atoms with Gasteiger partial charge >= 0.3 is 0 Å². The summed E-state index contributed by atoms with van der Waals surface area (Å²) in [6, 6.07) is 11.0. The van der Waals surface area contributed by atoms with E-state index in [-0.39, 0.29) is 0 Å². The lowest BCUT2D eigenvalue weighted by Crippen LogP contribution is -2.34. The highest BCUT2D eigenvalue weighted by Crippen LogP contribution is 2.27. The fourth-order valence-electron chi connectivity index (χ4n) is 2.82. The zero-order valence-corrected chi connectivity index (χ0v) is 12.3. The molecule has 1 heterocycles. The molecule has 0 saturated carbocycles. The van der Waals surface area contributed by atoms with E-state index in [1.807, 2.05) is 0 Å². The molecule has 0 N–H and O–H groups in total. The summed E-state index contributed by atoms with van der Waals surface area (Å²) >= 11 is 0. The van der Waals surface area contributed by atoms with Crippen LogP contribution in [-0.4, -0.2) is 37.2 Å². The number of benzene rings is 1. The number of likely N-dealkylation sites (tertiary alicyclic amines) is 1. The van der Waals surface area contributed by atoms with Crippen LogP contribution in [0.15, 0.2) is 30.3 Å². The molecule has 1 aliphatic rings. The average Bonchev–Trinajstić information content (AvgIpc) is 2.45. The van der Waals surface area contributed by atoms with Crippen LogP contribution in [0, 0.1) is 0 Å². The first-order valence-corrected chi connectivity index (χ1v) is 7.64. The zero-order valence-electron chi connectivity index (χ0n) is 12.3. The third kappa shape index (κ3) is 4.96. The summed E-state index contributed by atoms with van der Waals surface area (Å²) in [5.74, 6) is 0.768. The van der Waals surface area contributed by atoms with Crippen molar-refractivity contribution in [2.75, 3.05) is 26.2 Å². The van der Waals surface area contributed by atoms with E-state index in [1.165, 1.54) is 38.0 Å². The molecule has 0 aromatic heterocycles. The summed E-state index contributed by atoms with van der Waals surface area (Å²) in [7, 11) is 0. The first-order chi connectivity index (χ1) is 9.25. The molecule has 1 fully saturated rings. The van der Waals surface area contributed by atoms with E-state index in [2.05, 4.69) is 49.1 Å². The molecule has 0 aliphatic carbocycles. The standard InChI is InChI=1S/C17H27NO/c1-15(2)19-14-6-11-18-12-9-17(10-13-18)16-7-4-3-5-8-16/h3-5,7-8,15,17H,6,9-14H2,1-2H3. The Morgan fingerprint density at radius 1 is 1.16 bits per heavy atom. The predicted octanol–water partition coefficient (Wildman–Crippen LogP) is 3.68. The second kappa shape index (κ2) is 7.66. The van der Waals surface area contributed by atoms with E-state index >= 15 is 0 Å². The van der Waals surface area contributed by atoms with Crippen LogP contribution in [0.4, 0.5) is 0 Å². The maximum absolute atomic E-state index is 5.60. The summed E-state index contributed by atoms with van der Waals surface area (Å²) in [6.45, 7) is 8.77. The molecule has 1 aliphatic heterocycles. The van der Waals surface area contributed by atoms with Gasteiger partial charge in [0.15, 0.2) is 0 Å². The molecule has 2 rings (SSSR count). The molecule has 1 saturated heterocycles. The normalized spacial score (nSPS) is 18.1. The quantitative estimate of drug-likeness (QED) is 0.724. The van der Waals surface area contributed by atoms with Gasteiger partial charge in [0, 0.05) is 13.2 Å². The molecule has 0 unspecified atom stereocenters. The Balaban J connectivity index is 1.65. The van der Waals surface area contributed by atoms with Crippen molar-refractivity contribution in [3.8, 4) is 0 Å². The molecule has 0 amide bonds. The van der Waals surface area contributed by atoms with E-state index < -0.39 is 0 Å². The van der Waals surface area contributed by atoms with Crippen LogP contribution in [0.5, 0.6) is 0 Å². The third-order valence-electron chi connectivity index (χ3n) is 3.93. The van der Waals surface area contributed by atoms with Crippen LogP contribution in [0.2, 0.25) is 0 Å². The Labute approximate surface area is 117 Å². The van der Waals surface area contributed by atoms with Crippen molar-refractivity contribution in [1.29, 1.82) is 0 Å². The summed E-state index contributed by atoms with van der Waals surface area (Å²) in [6.07, 6.45) is 4.13. The van der Waals surface area contributed by atoms with Crippen LogP contribution >= 0.6 is 0 Å². The minimum atomic E-state index is 0.365. The van der Waals surface area contributed by atoms with E-state index in [4.69, 9.17) is 4.74 Å². The van der Waals surface area contributed by atoms with E-state index in [0.717, 1.165) is 18.9 Å². The number of nitrogens with zero attached hydrogens (tertiary/aromatic N) is 1. The maximum atomic E-state index is 5.60. The fourth-order valence-corrected chi connectivity index (χ4v) is 2.82. The smallest absolute Gasteiger partial charge is 0.0518 e. The van der Waals surface area contributed by atoms with Crippen LogP contribution in [0.3, 0.4) is 0 Å². The van der Waals surface area contributed by atoms with Crippen molar-refractivity contribution in [3.63, 3.8) is 0 Å². The second-order valence-corrected chi connectivity index (χ2v) is 5.80. The number of piperidine rings is 1. The van der Waals surface area contributed by atoms with Gasteiger partial charge in [0.25, 0.3) is 0 Å². The van der Waals surface area contributed by atoms with Crippen molar-refractivity contribution in [2.24, 2.45) is 0 Å². The van der Waals surface area contributed by atoms with Gasteiger partial charge in [-0.2, -0.15) is 0 Å². The Morgan fingerprint density at radius 2 is 1.84 bits per heavy atom. The lowest BCUT2D eigenvalue weighted by Gasteiger charge is -2.32. The molecule has 1 aromatic carbocycles. The van der Waals surface area contributed by atoms with E-state index in [1.54, 1.807) is 0 Å². The van der Waals surface area contributed by atoms with Gasteiger partial charge < -0.3 is 9.64 Å². The van der Waals surface area contributed by atoms with Gasteiger partial charge in [-0.3, -0.25) is 0 Å². The SMILES string of the molecule is CC(C)OCCCN1CCC(c2ccccc2)CC1. The average molecular weight is 261 g/mol. The topological polar surface area (TPSA) is 12.5 Å². The molecule has 0 atom stereocenters. The Morgan fingerprint density at radius 3 is 2.47 bits per heavy atom. The van der Waals surface area contributed by atoms with Crippen molar-refractivity contribution in [3.05, 3.63) is 35.9 Å². The van der Waals surface area contributed by atoms with Gasteiger partial charge in [0.1, 0.15) is 0 Å². The summed E-state index contributed by atoms with van der Waals surface area (Å²) in [4.78, 5) is 2.59. The van der Waals surface area contributed by atoms with E-state index in [9.17, 15) is 0 Å². The minimum absolute atomic E-state index is 0.365. The monoisotopic (exact) mass is 261 g/mol. The van der Waals surface area contributed by atoms with Crippen LogP contribution < -0.4 is 0 Å². The molecule has 19 heavy (non-hydrogen) atoms. The highest BCUT2D eigenvalue weighted by atomic mass is 16.5. The molecule has 0 spiro atoms. The van der Waals surface area contributed by atoms with Crippen LogP contribution in [-0.2, 0) is 4.74 Å². The Kier molecular flexibility index (Phi) is 5.87. The van der Waals surface area contributed by atoms with Gasteiger partial charge in [-0.05, 0) is 57.7 Å². The second-order valence-electron chi connectivity index (χ2n) is 5.80. The summed E-state index contributed by atoms with van der Waals surface area (Å²) in [5.41, 5.74) is 1.52. The van der Waals surface area contributed by atoms with Gasteiger partial charge in [-0.25, -0.2) is 0 Å². The van der Waals surface area contributed by atoms with Crippen molar-refractivity contribution in [2.45, 2.75) is 45.1 Å². The number of hydrogen-bond acceptors (Lipinski definition) is 2. The molecule has 1 aromatic rings. The molecule has 2 heteroatoms. The lowest BCUT2D eigenvalue weighted by atomic mass is 9.89. The first kappa shape index (κ1) is 14.5. The molecular formula is C17H27NO. The maximum Gasteiger partial charge on any atom is 0.0518 e. The summed E-state index contributed by atoms with van der Waals surface area (Å²) < 4.78 is 5.60. The van der Waals surface area contributed by atoms with Crippen molar-refractivity contribution in [1.82, 2.24) is 4.90 Å². The highest BCUT2D eigenvalue weighted by molar-refractivity contribution is 5.19. The van der Waals surface area contributed by atoms with Gasteiger partial charge in [0.2, 0.25) is 0 Å².